The van der Waals surface area contributed by atoms with Gasteiger partial charge in [0.15, 0.2) is 5.79 Å². The maximum atomic E-state index is 12.1. The van der Waals surface area contributed by atoms with Crippen molar-refractivity contribution >= 4 is 0 Å². The van der Waals surface area contributed by atoms with Gasteiger partial charge in [-0.2, -0.15) is 0 Å². The van der Waals surface area contributed by atoms with E-state index in [9.17, 15) is 10.2 Å². The van der Waals surface area contributed by atoms with E-state index in [2.05, 4.69) is 40.7 Å². The smallest absolute Gasteiger partial charge is 0.198 e. The van der Waals surface area contributed by atoms with E-state index in [4.69, 9.17) is 9.47 Å². The summed E-state index contributed by atoms with van der Waals surface area (Å²) in [7, 11) is 0. The first-order valence-electron chi connectivity index (χ1n) is 13.3. The second kappa shape index (κ2) is 6.42. The molecule has 4 aliphatic carbocycles. The Kier molecular flexibility index (Phi) is 4.42. The van der Waals surface area contributed by atoms with Gasteiger partial charge in [-0.05, 0) is 100 Å². The molecule has 0 aromatic heterocycles. The Morgan fingerprint density at radius 2 is 1.78 bits per heavy atom. The summed E-state index contributed by atoms with van der Waals surface area (Å²) in [6, 6.07) is 0. The average molecular weight is 445 g/mol. The third-order valence-electron chi connectivity index (χ3n) is 12.0. The van der Waals surface area contributed by atoms with Crippen molar-refractivity contribution in [3.63, 3.8) is 0 Å². The Labute approximate surface area is 194 Å². The minimum absolute atomic E-state index is 0.0891. The van der Waals surface area contributed by atoms with E-state index >= 15 is 0 Å². The van der Waals surface area contributed by atoms with Crippen LogP contribution in [0.2, 0.25) is 0 Å². The molecule has 3 saturated carbocycles. The van der Waals surface area contributed by atoms with E-state index in [0.29, 0.717) is 23.7 Å². The van der Waals surface area contributed by atoms with Crippen molar-refractivity contribution in [3.05, 3.63) is 11.6 Å². The molecule has 0 aromatic carbocycles. The largest absolute Gasteiger partial charge is 0.393 e. The van der Waals surface area contributed by atoms with Crippen molar-refractivity contribution < 1.29 is 19.7 Å². The first-order valence-corrected chi connectivity index (χ1v) is 13.3. The van der Waals surface area contributed by atoms with Gasteiger partial charge in [-0.1, -0.05) is 32.4 Å². The summed E-state index contributed by atoms with van der Waals surface area (Å²) in [5, 5.41) is 22.4. The van der Waals surface area contributed by atoms with E-state index in [1.165, 1.54) is 18.4 Å². The Bertz CT molecular complexity index is 846. The SMILES string of the molecule is C[C@H]1C[C@]2(O[C@H]3C[C@H]4[C@@H]5CC=C6C[C@@H](O)CC[C@]6(C)[C@@H]5CC[C@]4(C)[C@H]3[C@@]2(C)O)OC1(C)C. The fourth-order valence-electron chi connectivity index (χ4n) is 9.95. The first-order chi connectivity index (χ1) is 14.8. The minimum Gasteiger partial charge on any atom is -0.393 e. The molecule has 32 heavy (non-hydrogen) atoms. The van der Waals surface area contributed by atoms with Crippen LogP contribution in [0.5, 0.6) is 0 Å². The van der Waals surface area contributed by atoms with Crippen LogP contribution in [-0.2, 0) is 9.47 Å². The van der Waals surface area contributed by atoms with Crippen LogP contribution in [0.1, 0.15) is 92.9 Å². The lowest BCUT2D eigenvalue weighted by atomic mass is 9.46. The Balaban J connectivity index is 1.33. The molecule has 0 aromatic rings. The zero-order valence-corrected chi connectivity index (χ0v) is 21.0. The quantitative estimate of drug-likeness (QED) is 0.503. The molecular weight excluding hydrogens is 400 g/mol. The second-order valence-electron chi connectivity index (χ2n) is 13.8. The predicted molar refractivity (Wildman–Crippen MR) is 124 cm³/mol. The standard InChI is InChI=1S/C28H44O4/c1-16-15-28(32-24(16,2)3)27(6,30)23-22(31-28)14-21-19-8-7-17-13-18(29)9-11-25(17,4)20(19)10-12-26(21,23)5/h7,16,18-23,29-30H,8-15H2,1-6H3/t16-,18-,19+,20+,21-,22-,23-,25-,26-,27+,28-/m0/s1. The van der Waals surface area contributed by atoms with Crippen LogP contribution in [0.3, 0.4) is 0 Å². The highest BCUT2D eigenvalue weighted by atomic mass is 16.7. The Hall–Kier alpha value is -0.420. The van der Waals surface area contributed by atoms with Crippen LogP contribution in [0, 0.1) is 40.4 Å². The lowest BCUT2D eigenvalue weighted by Gasteiger charge is -2.59. The number of ether oxygens (including phenoxy) is 2. The maximum Gasteiger partial charge on any atom is 0.198 e. The molecule has 4 nitrogen and oxygen atoms in total. The van der Waals surface area contributed by atoms with Gasteiger partial charge >= 0.3 is 0 Å². The number of hydrogen-bond acceptors (Lipinski definition) is 4. The Morgan fingerprint density at radius 1 is 1.03 bits per heavy atom. The molecule has 0 bridgehead atoms. The highest BCUT2D eigenvalue weighted by Crippen LogP contribution is 2.72. The highest BCUT2D eigenvalue weighted by Gasteiger charge is 2.76. The van der Waals surface area contributed by atoms with Crippen LogP contribution >= 0.6 is 0 Å². The third-order valence-corrected chi connectivity index (χ3v) is 12.0. The van der Waals surface area contributed by atoms with Crippen LogP contribution in [-0.4, -0.2) is 39.4 Å². The predicted octanol–water partition coefficient (Wildman–Crippen LogP) is 5.22. The second-order valence-corrected chi connectivity index (χ2v) is 13.8. The average Bonchev–Trinajstić information content (AvgIpc) is 3.20. The molecule has 0 radical (unpaired) electrons. The van der Waals surface area contributed by atoms with E-state index < -0.39 is 11.4 Å². The maximum absolute atomic E-state index is 12.1. The summed E-state index contributed by atoms with van der Waals surface area (Å²) in [6.45, 7) is 13.5. The number of rotatable bonds is 0. The molecule has 11 atom stereocenters. The van der Waals surface area contributed by atoms with Crippen LogP contribution < -0.4 is 0 Å². The fourth-order valence-corrected chi connectivity index (χ4v) is 9.95. The molecule has 2 aliphatic heterocycles. The zero-order valence-electron chi connectivity index (χ0n) is 21.0. The molecule has 6 rings (SSSR count). The van der Waals surface area contributed by atoms with E-state index in [1.54, 1.807) is 0 Å². The first kappa shape index (κ1) is 22.1. The normalized spacial score (nSPS) is 60.5. The van der Waals surface area contributed by atoms with Gasteiger partial charge in [-0.25, -0.2) is 0 Å². The monoisotopic (exact) mass is 444 g/mol. The van der Waals surface area contributed by atoms with E-state index in [-0.39, 0.29) is 34.6 Å². The molecule has 2 N–H and O–H groups in total. The summed E-state index contributed by atoms with van der Waals surface area (Å²) in [5.41, 5.74) is 0.626. The topological polar surface area (TPSA) is 58.9 Å². The van der Waals surface area contributed by atoms with Gasteiger partial charge in [0.05, 0.1) is 17.8 Å². The van der Waals surface area contributed by atoms with Crippen molar-refractivity contribution in [2.75, 3.05) is 0 Å². The number of hydrogen-bond donors (Lipinski definition) is 2. The van der Waals surface area contributed by atoms with Crippen molar-refractivity contribution in [1.82, 2.24) is 0 Å². The van der Waals surface area contributed by atoms with Crippen LogP contribution in [0.15, 0.2) is 11.6 Å². The molecule has 5 fully saturated rings. The van der Waals surface area contributed by atoms with Gasteiger partial charge in [0.2, 0.25) is 0 Å². The van der Waals surface area contributed by atoms with E-state index in [1.807, 2.05) is 6.92 Å². The van der Waals surface area contributed by atoms with Crippen LogP contribution in [0.4, 0.5) is 0 Å². The van der Waals surface area contributed by atoms with Crippen molar-refractivity contribution in [3.8, 4) is 0 Å². The molecule has 6 aliphatic rings. The van der Waals surface area contributed by atoms with Crippen LogP contribution in [0.25, 0.3) is 0 Å². The molecular formula is C28H44O4. The van der Waals surface area contributed by atoms with Gasteiger partial charge in [0.1, 0.15) is 5.60 Å². The lowest BCUT2D eigenvalue weighted by Crippen LogP contribution is -2.58. The minimum atomic E-state index is -0.968. The number of aliphatic hydroxyl groups excluding tert-OH is 1. The lowest BCUT2D eigenvalue weighted by molar-refractivity contribution is -0.298. The van der Waals surface area contributed by atoms with Gasteiger partial charge in [0, 0.05) is 12.3 Å². The molecule has 180 valence electrons. The highest BCUT2D eigenvalue weighted by molar-refractivity contribution is 5.27. The van der Waals surface area contributed by atoms with E-state index in [0.717, 1.165) is 38.5 Å². The third kappa shape index (κ3) is 2.54. The molecule has 1 spiro atoms. The van der Waals surface area contributed by atoms with Crippen molar-refractivity contribution in [1.29, 1.82) is 0 Å². The summed E-state index contributed by atoms with van der Waals surface area (Å²) in [6.07, 6.45) is 10.7. The van der Waals surface area contributed by atoms with Gasteiger partial charge in [0.25, 0.3) is 0 Å². The number of allylic oxidation sites excluding steroid dienone is 1. The summed E-state index contributed by atoms with van der Waals surface area (Å²) >= 11 is 0. The Morgan fingerprint density at radius 3 is 2.47 bits per heavy atom. The summed E-state index contributed by atoms with van der Waals surface area (Å²) < 4.78 is 13.4. The van der Waals surface area contributed by atoms with Gasteiger partial charge in [-0.3, -0.25) is 0 Å². The van der Waals surface area contributed by atoms with Crippen molar-refractivity contribution in [2.45, 2.75) is 122 Å². The molecule has 2 saturated heterocycles. The van der Waals surface area contributed by atoms with Gasteiger partial charge in [-0.15, -0.1) is 0 Å². The number of fused-ring (bicyclic) bond motifs is 7. The zero-order chi connectivity index (χ0) is 22.9. The fraction of sp³-hybridized carbons (Fsp3) is 0.929. The number of aliphatic hydroxyl groups is 2. The molecule has 2 heterocycles. The van der Waals surface area contributed by atoms with Crippen molar-refractivity contribution in [2.24, 2.45) is 40.4 Å². The molecule has 4 heteroatoms. The molecule has 0 amide bonds. The summed E-state index contributed by atoms with van der Waals surface area (Å²) in [4.78, 5) is 0. The summed E-state index contributed by atoms with van der Waals surface area (Å²) in [5.74, 6) is 1.59. The molecule has 0 unspecified atom stereocenters. The van der Waals surface area contributed by atoms with Gasteiger partial charge < -0.3 is 19.7 Å².